The van der Waals surface area contributed by atoms with Crippen LogP contribution in [0.15, 0.2) is 30.5 Å². The second kappa shape index (κ2) is 8.74. The van der Waals surface area contributed by atoms with Crippen LogP contribution in [0.5, 0.6) is 17.2 Å². The van der Waals surface area contributed by atoms with Gasteiger partial charge in [0.25, 0.3) is 0 Å². The van der Waals surface area contributed by atoms with Crippen LogP contribution in [-0.4, -0.2) is 68.3 Å². The molecule has 0 atom stereocenters. The molecule has 8 nitrogen and oxygen atoms in total. The number of thiazole rings is 1. The first-order valence-electron chi connectivity index (χ1n) is 9.66. The Balaban J connectivity index is 1.41. The van der Waals surface area contributed by atoms with Gasteiger partial charge in [0, 0.05) is 32.4 Å². The lowest BCUT2D eigenvalue weighted by Crippen LogP contribution is -2.49. The summed E-state index contributed by atoms with van der Waals surface area (Å²) in [7, 11) is 4.70. The molecule has 2 aromatic heterocycles. The summed E-state index contributed by atoms with van der Waals surface area (Å²) in [5.74, 6) is 1.70. The predicted molar refractivity (Wildman–Crippen MR) is 116 cm³/mol. The number of methoxy groups -OCH3 is 3. The molecule has 1 aromatic carbocycles. The summed E-state index contributed by atoms with van der Waals surface area (Å²) >= 11 is 1.59. The molecule has 0 spiro atoms. The Hall–Kier alpha value is -3.07. The minimum absolute atomic E-state index is 0.0786. The van der Waals surface area contributed by atoms with Crippen molar-refractivity contribution in [1.29, 1.82) is 0 Å². The van der Waals surface area contributed by atoms with Crippen molar-refractivity contribution in [2.75, 3.05) is 52.4 Å². The van der Waals surface area contributed by atoms with E-state index < -0.39 is 0 Å². The average molecular weight is 429 g/mol. The molecule has 1 saturated heterocycles. The topological polar surface area (TPSA) is 77.0 Å². The zero-order valence-corrected chi connectivity index (χ0v) is 18.1. The standard InChI is InChI=1S/C21H24N4O4S/c1-27-16-11-14(12-17(28-2)19(16)29-3)13-18(26)24-7-9-25(10-8-24)21-23-15-5-4-6-22-20(15)30-21/h4-6,11-12H,7-10,13H2,1-3H3. The third-order valence-electron chi connectivity index (χ3n) is 5.14. The molecule has 0 aliphatic carbocycles. The largest absolute Gasteiger partial charge is 0.493 e. The number of benzene rings is 1. The van der Waals surface area contributed by atoms with E-state index in [0.29, 0.717) is 30.3 Å². The van der Waals surface area contributed by atoms with Gasteiger partial charge in [-0.2, -0.15) is 0 Å². The lowest BCUT2D eigenvalue weighted by Gasteiger charge is -2.34. The van der Waals surface area contributed by atoms with Gasteiger partial charge < -0.3 is 24.0 Å². The number of pyridine rings is 1. The van der Waals surface area contributed by atoms with Crippen LogP contribution in [0.4, 0.5) is 5.13 Å². The van der Waals surface area contributed by atoms with Gasteiger partial charge >= 0.3 is 0 Å². The predicted octanol–water partition coefficient (Wildman–Crippen LogP) is 2.61. The maximum Gasteiger partial charge on any atom is 0.227 e. The van der Waals surface area contributed by atoms with Gasteiger partial charge in [-0.15, -0.1) is 0 Å². The van der Waals surface area contributed by atoms with Crippen molar-refractivity contribution in [1.82, 2.24) is 14.9 Å². The van der Waals surface area contributed by atoms with Gasteiger partial charge in [0.1, 0.15) is 10.3 Å². The zero-order chi connectivity index (χ0) is 21.1. The Bertz CT molecular complexity index is 988. The summed E-state index contributed by atoms with van der Waals surface area (Å²) in [5, 5.41) is 0.959. The molecule has 158 valence electrons. The molecule has 1 aliphatic rings. The molecular weight excluding hydrogens is 404 g/mol. The highest BCUT2D eigenvalue weighted by atomic mass is 32.1. The average Bonchev–Trinajstić information content (AvgIpc) is 3.22. The van der Waals surface area contributed by atoms with Crippen molar-refractivity contribution in [3.8, 4) is 17.2 Å². The Morgan fingerprint density at radius 3 is 2.37 bits per heavy atom. The van der Waals surface area contributed by atoms with Crippen molar-refractivity contribution in [2.45, 2.75) is 6.42 Å². The molecule has 3 heterocycles. The molecule has 0 N–H and O–H groups in total. The maximum atomic E-state index is 12.9. The van der Waals surface area contributed by atoms with Crippen LogP contribution >= 0.6 is 11.3 Å². The number of hydrogen-bond donors (Lipinski definition) is 0. The first kappa shape index (κ1) is 20.2. The number of carbonyl (C=O) groups is 1. The lowest BCUT2D eigenvalue weighted by atomic mass is 10.1. The van der Waals surface area contributed by atoms with Gasteiger partial charge in [-0.3, -0.25) is 4.79 Å². The molecule has 1 amide bonds. The SMILES string of the molecule is COc1cc(CC(=O)N2CCN(c3nc4cccnc4s3)CC2)cc(OC)c1OC. The van der Waals surface area contributed by atoms with Crippen molar-refractivity contribution in [3.63, 3.8) is 0 Å². The van der Waals surface area contributed by atoms with E-state index in [0.717, 1.165) is 34.1 Å². The molecule has 30 heavy (non-hydrogen) atoms. The van der Waals surface area contributed by atoms with E-state index in [1.54, 1.807) is 38.9 Å². The van der Waals surface area contributed by atoms with Gasteiger partial charge in [0.2, 0.25) is 11.7 Å². The monoisotopic (exact) mass is 428 g/mol. The van der Waals surface area contributed by atoms with E-state index in [1.807, 2.05) is 29.2 Å². The van der Waals surface area contributed by atoms with E-state index in [1.165, 1.54) is 0 Å². The highest BCUT2D eigenvalue weighted by molar-refractivity contribution is 7.21. The molecule has 3 aromatic rings. The number of ether oxygens (including phenoxy) is 3. The minimum Gasteiger partial charge on any atom is -0.493 e. The molecule has 0 saturated carbocycles. The Kier molecular flexibility index (Phi) is 5.89. The van der Waals surface area contributed by atoms with Crippen molar-refractivity contribution >= 4 is 32.7 Å². The minimum atomic E-state index is 0.0786. The summed E-state index contributed by atoms with van der Waals surface area (Å²) in [6.07, 6.45) is 2.06. The number of rotatable bonds is 6. The smallest absolute Gasteiger partial charge is 0.227 e. The molecule has 1 aliphatic heterocycles. The van der Waals surface area contributed by atoms with Crippen molar-refractivity contribution < 1.29 is 19.0 Å². The number of aromatic nitrogens is 2. The summed E-state index contributed by atoms with van der Waals surface area (Å²) in [5.41, 5.74) is 1.74. The first-order valence-corrected chi connectivity index (χ1v) is 10.5. The number of amides is 1. The van der Waals surface area contributed by atoms with Crippen LogP contribution in [0.1, 0.15) is 5.56 Å². The van der Waals surface area contributed by atoms with Crippen LogP contribution in [0, 0.1) is 0 Å². The van der Waals surface area contributed by atoms with E-state index in [9.17, 15) is 4.79 Å². The number of hydrogen-bond acceptors (Lipinski definition) is 8. The Labute approximate surface area is 179 Å². The van der Waals surface area contributed by atoms with Gasteiger partial charge in [-0.05, 0) is 29.8 Å². The summed E-state index contributed by atoms with van der Waals surface area (Å²) in [4.78, 5) is 27.0. The fourth-order valence-electron chi connectivity index (χ4n) is 3.56. The van der Waals surface area contributed by atoms with E-state index in [-0.39, 0.29) is 12.3 Å². The maximum absolute atomic E-state index is 12.9. The van der Waals surface area contributed by atoms with E-state index in [4.69, 9.17) is 14.2 Å². The second-order valence-corrected chi connectivity index (χ2v) is 7.86. The highest BCUT2D eigenvalue weighted by Gasteiger charge is 2.24. The van der Waals surface area contributed by atoms with Gasteiger partial charge in [-0.1, -0.05) is 11.3 Å². The zero-order valence-electron chi connectivity index (χ0n) is 17.3. The van der Waals surface area contributed by atoms with Crippen molar-refractivity contribution in [3.05, 3.63) is 36.0 Å². The third-order valence-corrected chi connectivity index (χ3v) is 6.18. The highest BCUT2D eigenvalue weighted by Crippen LogP contribution is 2.38. The molecular formula is C21H24N4O4S. The number of nitrogens with zero attached hydrogens (tertiary/aromatic N) is 4. The molecule has 4 rings (SSSR count). The van der Waals surface area contributed by atoms with Gasteiger partial charge in [-0.25, -0.2) is 9.97 Å². The fraction of sp³-hybridized carbons (Fsp3) is 0.381. The lowest BCUT2D eigenvalue weighted by molar-refractivity contribution is -0.130. The second-order valence-electron chi connectivity index (χ2n) is 6.90. The summed E-state index contributed by atoms with van der Waals surface area (Å²) in [6.45, 7) is 2.82. The van der Waals surface area contributed by atoms with Gasteiger partial charge in [0.05, 0.1) is 27.8 Å². The first-order chi connectivity index (χ1) is 14.6. The Morgan fingerprint density at radius 2 is 1.77 bits per heavy atom. The quantitative estimate of drug-likeness (QED) is 0.597. The van der Waals surface area contributed by atoms with Crippen molar-refractivity contribution in [2.24, 2.45) is 0 Å². The molecule has 0 radical (unpaired) electrons. The van der Waals surface area contributed by atoms with Crippen LogP contribution < -0.4 is 19.1 Å². The number of piperazine rings is 1. The van der Waals surface area contributed by atoms with Crippen LogP contribution in [0.2, 0.25) is 0 Å². The van der Waals surface area contributed by atoms with Crippen LogP contribution in [0.25, 0.3) is 10.3 Å². The van der Waals surface area contributed by atoms with Crippen LogP contribution in [0.3, 0.4) is 0 Å². The van der Waals surface area contributed by atoms with Gasteiger partial charge in [0.15, 0.2) is 16.6 Å². The molecule has 1 fully saturated rings. The molecule has 0 bridgehead atoms. The van der Waals surface area contributed by atoms with E-state index >= 15 is 0 Å². The number of fused-ring (bicyclic) bond motifs is 1. The number of anilines is 1. The number of carbonyl (C=O) groups excluding carboxylic acids is 1. The fourth-order valence-corrected chi connectivity index (χ4v) is 4.53. The third kappa shape index (κ3) is 3.97. The summed E-state index contributed by atoms with van der Waals surface area (Å²) in [6, 6.07) is 7.51. The molecule has 0 unspecified atom stereocenters. The van der Waals surface area contributed by atoms with E-state index in [2.05, 4.69) is 14.9 Å². The van der Waals surface area contributed by atoms with Crippen LogP contribution in [-0.2, 0) is 11.2 Å². The normalized spacial score (nSPS) is 14.1. The summed E-state index contributed by atoms with van der Waals surface area (Å²) < 4.78 is 16.1. The molecule has 9 heteroatoms. The Morgan fingerprint density at radius 1 is 1.07 bits per heavy atom.